The molecule has 0 bridgehead atoms. The number of carbonyl (C=O) groups is 1. The summed E-state index contributed by atoms with van der Waals surface area (Å²) in [5.74, 6) is -0.399. The van der Waals surface area contributed by atoms with E-state index < -0.39 is 18.6 Å². The van der Waals surface area contributed by atoms with Crippen molar-refractivity contribution in [3.8, 4) is 0 Å². The minimum absolute atomic E-state index is 0.399. The largest absolute Gasteiger partial charge is 0.514 e. The van der Waals surface area contributed by atoms with E-state index in [1.54, 1.807) is 24.3 Å². The fourth-order valence-corrected chi connectivity index (χ4v) is 2.00. The van der Waals surface area contributed by atoms with Gasteiger partial charge < -0.3 is 16.1 Å². The first-order valence-electron chi connectivity index (χ1n) is 6.30. The third-order valence-corrected chi connectivity index (χ3v) is 3.30. The fourth-order valence-electron chi connectivity index (χ4n) is 2.00. The van der Waals surface area contributed by atoms with E-state index in [-0.39, 0.29) is 0 Å². The number of carbonyl (C=O) groups excluding carboxylic acids is 1. The molecule has 1 heterocycles. The molecule has 2 rings (SSSR count). The summed E-state index contributed by atoms with van der Waals surface area (Å²) < 4.78 is 4.96. The lowest BCUT2D eigenvalue weighted by atomic mass is 9.80. The molecule has 102 valence electrons. The van der Waals surface area contributed by atoms with Gasteiger partial charge in [0.05, 0.1) is 5.54 Å². The van der Waals surface area contributed by atoms with Crippen LogP contribution in [0.3, 0.4) is 0 Å². The number of nitrogens with one attached hydrogen (secondary N) is 2. The molecule has 1 aliphatic heterocycles. The molecular weight excluding hydrogens is 245 g/mol. The topological polar surface area (TPSA) is 96.6 Å². The minimum Gasteiger partial charge on any atom is -0.422 e. The monoisotopic (exact) mass is 263 g/mol. The number of rotatable bonds is 4. The van der Waals surface area contributed by atoms with Gasteiger partial charge >= 0.3 is 7.12 Å². The lowest BCUT2D eigenvalue weighted by Gasteiger charge is -2.32. The van der Waals surface area contributed by atoms with Crippen LogP contribution in [0.15, 0.2) is 30.3 Å². The van der Waals surface area contributed by atoms with Crippen LogP contribution in [0.5, 0.6) is 0 Å². The summed E-state index contributed by atoms with van der Waals surface area (Å²) in [5, 5.41) is 12.9. The average Bonchev–Trinajstić information content (AvgIpc) is 2.46. The van der Waals surface area contributed by atoms with Crippen molar-refractivity contribution in [2.45, 2.75) is 18.4 Å². The summed E-state index contributed by atoms with van der Waals surface area (Å²) in [6.07, 6.45) is 1.09. The first-order chi connectivity index (χ1) is 9.12. The van der Waals surface area contributed by atoms with Crippen molar-refractivity contribution in [1.82, 2.24) is 10.8 Å². The third-order valence-electron chi connectivity index (χ3n) is 3.30. The third kappa shape index (κ3) is 3.54. The maximum Gasteiger partial charge on any atom is 0.514 e. The van der Waals surface area contributed by atoms with Crippen LogP contribution in [-0.4, -0.2) is 36.7 Å². The molecule has 6 nitrogen and oxygen atoms in total. The van der Waals surface area contributed by atoms with Gasteiger partial charge in [-0.15, -0.1) is 0 Å². The molecule has 5 N–H and O–H groups in total. The van der Waals surface area contributed by atoms with Gasteiger partial charge in [-0.2, -0.15) is 0 Å². The van der Waals surface area contributed by atoms with Gasteiger partial charge in [-0.25, -0.2) is 5.48 Å². The number of piperidine rings is 1. The second kappa shape index (κ2) is 6.16. The Morgan fingerprint density at radius 2 is 2.00 bits per heavy atom. The highest BCUT2D eigenvalue weighted by molar-refractivity contribution is 6.59. The van der Waals surface area contributed by atoms with Crippen LogP contribution in [0, 0.1) is 0 Å². The number of benzene rings is 1. The van der Waals surface area contributed by atoms with E-state index >= 15 is 0 Å². The van der Waals surface area contributed by atoms with Crippen LogP contribution in [0.2, 0.25) is 0 Å². The Labute approximate surface area is 112 Å². The van der Waals surface area contributed by atoms with Crippen LogP contribution in [0.1, 0.15) is 12.8 Å². The number of hydrogen-bond donors (Lipinski definition) is 4. The van der Waals surface area contributed by atoms with E-state index in [1.807, 2.05) is 6.07 Å². The SMILES string of the molecule is NC1(C(=O)NOB(O)c2ccccc2)CCNCC1. The first-order valence-corrected chi connectivity index (χ1v) is 6.30. The standard InChI is InChI=1S/C12H18BN3O3/c14-12(6-8-15-9-7-12)11(17)16-19-13(18)10-4-2-1-3-5-10/h1-5,15,18H,6-9,14H2,(H,16,17). The van der Waals surface area contributed by atoms with Crippen LogP contribution >= 0.6 is 0 Å². The zero-order valence-electron chi connectivity index (χ0n) is 10.6. The maximum absolute atomic E-state index is 12.0. The summed E-state index contributed by atoms with van der Waals surface area (Å²) in [7, 11) is -1.20. The second-order valence-corrected chi connectivity index (χ2v) is 4.72. The van der Waals surface area contributed by atoms with E-state index in [0.717, 1.165) is 0 Å². The highest BCUT2D eigenvalue weighted by atomic mass is 16.7. The lowest BCUT2D eigenvalue weighted by molar-refractivity contribution is -0.134. The molecule has 0 unspecified atom stereocenters. The van der Waals surface area contributed by atoms with E-state index in [4.69, 9.17) is 10.5 Å². The Morgan fingerprint density at radius 1 is 1.37 bits per heavy atom. The zero-order chi connectivity index (χ0) is 13.7. The Kier molecular flexibility index (Phi) is 4.54. The number of amides is 1. The summed E-state index contributed by atoms with van der Waals surface area (Å²) in [6.45, 7) is 1.40. The summed E-state index contributed by atoms with van der Waals surface area (Å²) in [6, 6.07) is 8.81. The Bertz CT molecular complexity index is 423. The van der Waals surface area contributed by atoms with Gasteiger partial charge in [-0.3, -0.25) is 9.55 Å². The molecular formula is C12H18BN3O3. The molecule has 7 heteroatoms. The second-order valence-electron chi connectivity index (χ2n) is 4.72. The number of hydroxylamine groups is 1. The highest BCUT2D eigenvalue weighted by Crippen LogP contribution is 2.14. The molecule has 0 atom stereocenters. The maximum atomic E-state index is 12.0. The van der Waals surface area contributed by atoms with E-state index in [9.17, 15) is 9.82 Å². The van der Waals surface area contributed by atoms with Gasteiger partial charge in [0.25, 0.3) is 5.91 Å². The zero-order valence-corrected chi connectivity index (χ0v) is 10.6. The molecule has 0 radical (unpaired) electrons. The quantitative estimate of drug-likeness (QED) is 0.392. The lowest BCUT2D eigenvalue weighted by Crippen LogP contribution is -2.59. The molecule has 1 fully saturated rings. The Balaban J connectivity index is 1.86. The summed E-state index contributed by atoms with van der Waals surface area (Å²) in [4.78, 5) is 12.0. The van der Waals surface area contributed by atoms with Gasteiger partial charge in [0.2, 0.25) is 0 Å². The number of nitrogens with two attached hydrogens (primary N) is 1. The molecule has 1 aromatic carbocycles. The molecule has 19 heavy (non-hydrogen) atoms. The van der Waals surface area contributed by atoms with Crippen LogP contribution in [0.4, 0.5) is 0 Å². The van der Waals surface area contributed by atoms with E-state index in [1.165, 1.54) is 0 Å². The predicted octanol–water partition coefficient (Wildman–Crippen LogP) is -1.50. The Morgan fingerprint density at radius 3 is 2.63 bits per heavy atom. The van der Waals surface area contributed by atoms with Gasteiger partial charge in [-0.05, 0) is 31.4 Å². The van der Waals surface area contributed by atoms with Gasteiger partial charge in [0, 0.05) is 0 Å². The molecule has 1 aliphatic rings. The normalized spacial score (nSPS) is 17.8. The fraction of sp³-hybridized carbons (Fsp3) is 0.417. The van der Waals surface area contributed by atoms with Crippen molar-refractivity contribution in [3.63, 3.8) is 0 Å². The Hall–Kier alpha value is -1.41. The van der Waals surface area contributed by atoms with Crippen LogP contribution in [-0.2, 0) is 9.55 Å². The molecule has 1 aromatic rings. The molecule has 0 saturated carbocycles. The van der Waals surface area contributed by atoms with Crippen molar-refractivity contribution < 1.29 is 14.6 Å². The summed E-state index contributed by atoms with van der Waals surface area (Å²) in [5.41, 5.74) is 7.90. The van der Waals surface area contributed by atoms with E-state index in [2.05, 4.69) is 10.8 Å². The highest BCUT2D eigenvalue weighted by Gasteiger charge is 2.36. The minimum atomic E-state index is -1.20. The molecule has 1 saturated heterocycles. The average molecular weight is 263 g/mol. The van der Waals surface area contributed by atoms with Gasteiger partial charge in [-0.1, -0.05) is 30.3 Å². The van der Waals surface area contributed by atoms with E-state index in [0.29, 0.717) is 31.4 Å². The van der Waals surface area contributed by atoms with Gasteiger partial charge in [0.1, 0.15) is 0 Å². The molecule has 1 amide bonds. The van der Waals surface area contributed by atoms with Crippen LogP contribution < -0.4 is 22.0 Å². The first kappa shape index (κ1) is 14.0. The van der Waals surface area contributed by atoms with Crippen molar-refractivity contribution >= 4 is 18.5 Å². The van der Waals surface area contributed by atoms with Crippen molar-refractivity contribution in [2.75, 3.05) is 13.1 Å². The van der Waals surface area contributed by atoms with Crippen molar-refractivity contribution in [1.29, 1.82) is 0 Å². The molecule has 0 spiro atoms. The predicted molar refractivity (Wildman–Crippen MR) is 72.3 cm³/mol. The van der Waals surface area contributed by atoms with Crippen molar-refractivity contribution in [2.24, 2.45) is 5.73 Å². The molecule has 0 aliphatic carbocycles. The van der Waals surface area contributed by atoms with Crippen molar-refractivity contribution in [3.05, 3.63) is 30.3 Å². The number of hydrogen-bond acceptors (Lipinski definition) is 5. The smallest absolute Gasteiger partial charge is 0.422 e. The van der Waals surface area contributed by atoms with Gasteiger partial charge in [0.15, 0.2) is 0 Å². The summed E-state index contributed by atoms with van der Waals surface area (Å²) >= 11 is 0. The van der Waals surface area contributed by atoms with Crippen LogP contribution in [0.25, 0.3) is 0 Å². The molecule has 0 aromatic heterocycles.